The molecular weight excluding hydrogens is 282 g/mol. The van der Waals surface area contributed by atoms with E-state index in [0.29, 0.717) is 6.61 Å². The topological polar surface area (TPSA) is 52.3 Å². The van der Waals surface area contributed by atoms with Crippen LogP contribution < -0.4 is 5.73 Å². The van der Waals surface area contributed by atoms with Crippen molar-refractivity contribution in [1.29, 1.82) is 0 Å². The van der Waals surface area contributed by atoms with Gasteiger partial charge in [0.2, 0.25) is 0 Å². The number of hydrogen-bond donors (Lipinski definition) is 1. The molecule has 1 saturated carbocycles. The molecule has 0 heterocycles. The van der Waals surface area contributed by atoms with E-state index in [1.165, 1.54) is 0 Å². The van der Waals surface area contributed by atoms with Crippen molar-refractivity contribution in [2.24, 2.45) is 11.7 Å². The Hall–Kier alpha value is -0.870. The minimum Gasteiger partial charge on any atom is -0.464 e. The van der Waals surface area contributed by atoms with Gasteiger partial charge in [-0.15, -0.1) is 0 Å². The SMILES string of the molecule is CCOC(=O)C(N)(c1ccc(Br)cc1)C1CC1. The molecule has 0 bridgehead atoms. The summed E-state index contributed by atoms with van der Waals surface area (Å²) in [5.41, 5.74) is 6.17. The zero-order valence-electron chi connectivity index (χ0n) is 9.78. The zero-order chi connectivity index (χ0) is 12.5. The number of benzene rings is 1. The second kappa shape index (κ2) is 4.78. The molecule has 1 unspecified atom stereocenters. The number of rotatable bonds is 4. The number of nitrogens with two attached hydrogens (primary N) is 1. The highest BCUT2D eigenvalue weighted by Crippen LogP contribution is 2.45. The van der Waals surface area contributed by atoms with Crippen molar-refractivity contribution in [3.8, 4) is 0 Å². The van der Waals surface area contributed by atoms with E-state index in [1.54, 1.807) is 6.92 Å². The first-order valence-electron chi connectivity index (χ1n) is 5.81. The van der Waals surface area contributed by atoms with Gasteiger partial charge in [-0.25, -0.2) is 4.79 Å². The molecule has 1 aliphatic carbocycles. The minimum atomic E-state index is -0.975. The molecule has 1 aromatic rings. The Morgan fingerprint density at radius 1 is 1.47 bits per heavy atom. The third kappa shape index (κ3) is 2.38. The van der Waals surface area contributed by atoms with E-state index >= 15 is 0 Å². The molecule has 2 N–H and O–H groups in total. The fourth-order valence-corrected chi connectivity index (χ4v) is 2.30. The van der Waals surface area contributed by atoms with Gasteiger partial charge >= 0.3 is 5.97 Å². The summed E-state index contributed by atoms with van der Waals surface area (Å²) < 4.78 is 6.09. The average Bonchev–Trinajstić information content (AvgIpc) is 3.13. The summed E-state index contributed by atoms with van der Waals surface area (Å²) in [6, 6.07) is 7.58. The standard InChI is InChI=1S/C13H16BrNO2/c1-2-17-12(16)13(15,9-3-4-9)10-5-7-11(14)8-6-10/h5-9H,2-4,15H2,1H3. The summed E-state index contributed by atoms with van der Waals surface area (Å²) in [5.74, 6) is -0.104. The minimum absolute atomic E-state index is 0.211. The third-order valence-corrected chi connectivity index (χ3v) is 3.69. The Morgan fingerprint density at radius 3 is 2.53 bits per heavy atom. The molecule has 3 nitrogen and oxygen atoms in total. The zero-order valence-corrected chi connectivity index (χ0v) is 11.4. The normalized spacial score (nSPS) is 18.5. The lowest BCUT2D eigenvalue weighted by Crippen LogP contribution is -2.48. The molecule has 0 aromatic heterocycles. The highest BCUT2D eigenvalue weighted by Gasteiger charge is 2.50. The fraction of sp³-hybridized carbons (Fsp3) is 0.462. The van der Waals surface area contributed by atoms with Crippen LogP contribution in [0.5, 0.6) is 0 Å². The van der Waals surface area contributed by atoms with Crippen LogP contribution in [0.4, 0.5) is 0 Å². The molecule has 0 radical (unpaired) electrons. The molecule has 1 atom stereocenters. The molecular formula is C13H16BrNO2. The first-order valence-corrected chi connectivity index (χ1v) is 6.60. The quantitative estimate of drug-likeness (QED) is 0.869. The molecule has 0 amide bonds. The van der Waals surface area contributed by atoms with Crippen molar-refractivity contribution in [1.82, 2.24) is 0 Å². The van der Waals surface area contributed by atoms with Gasteiger partial charge in [-0.2, -0.15) is 0 Å². The number of halogens is 1. The predicted octanol–water partition coefficient (Wildman–Crippen LogP) is 2.58. The number of esters is 1. The third-order valence-electron chi connectivity index (χ3n) is 3.16. The maximum absolute atomic E-state index is 12.1. The van der Waals surface area contributed by atoms with Crippen LogP contribution in [0.25, 0.3) is 0 Å². The van der Waals surface area contributed by atoms with Gasteiger partial charge in [-0.3, -0.25) is 0 Å². The average molecular weight is 298 g/mol. The maximum atomic E-state index is 12.1. The number of hydrogen-bond acceptors (Lipinski definition) is 3. The predicted molar refractivity (Wildman–Crippen MR) is 69.4 cm³/mol. The van der Waals surface area contributed by atoms with Gasteiger partial charge < -0.3 is 10.5 Å². The lowest BCUT2D eigenvalue weighted by atomic mass is 9.86. The summed E-state index contributed by atoms with van der Waals surface area (Å²) >= 11 is 3.38. The van der Waals surface area contributed by atoms with E-state index in [1.807, 2.05) is 24.3 Å². The Kier molecular flexibility index (Phi) is 3.54. The largest absolute Gasteiger partial charge is 0.464 e. The Balaban J connectivity index is 2.33. The first kappa shape index (κ1) is 12.6. The molecule has 1 aromatic carbocycles. The lowest BCUT2D eigenvalue weighted by molar-refractivity contribution is -0.151. The van der Waals surface area contributed by atoms with Gasteiger partial charge in [0.25, 0.3) is 0 Å². The van der Waals surface area contributed by atoms with E-state index in [9.17, 15) is 4.79 Å². The van der Waals surface area contributed by atoms with Crippen LogP contribution in [-0.2, 0) is 15.1 Å². The van der Waals surface area contributed by atoms with E-state index in [4.69, 9.17) is 10.5 Å². The Morgan fingerprint density at radius 2 is 2.06 bits per heavy atom. The van der Waals surface area contributed by atoms with Gasteiger partial charge in [-0.05, 0) is 43.4 Å². The molecule has 0 spiro atoms. The van der Waals surface area contributed by atoms with Crippen LogP contribution in [0.2, 0.25) is 0 Å². The van der Waals surface area contributed by atoms with Crippen LogP contribution >= 0.6 is 15.9 Å². The maximum Gasteiger partial charge on any atom is 0.331 e. The van der Waals surface area contributed by atoms with E-state index < -0.39 is 5.54 Å². The van der Waals surface area contributed by atoms with Crippen LogP contribution in [-0.4, -0.2) is 12.6 Å². The van der Waals surface area contributed by atoms with E-state index in [-0.39, 0.29) is 11.9 Å². The fourth-order valence-electron chi connectivity index (χ4n) is 2.04. The van der Waals surface area contributed by atoms with Gasteiger partial charge in [-0.1, -0.05) is 28.1 Å². The van der Waals surface area contributed by atoms with Gasteiger partial charge in [0, 0.05) is 4.47 Å². The van der Waals surface area contributed by atoms with Crippen molar-refractivity contribution >= 4 is 21.9 Å². The summed E-state index contributed by atoms with van der Waals surface area (Å²) in [7, 11) is 0. The van der Waals surface area contributed by atoms with Crippen LogP contribution in [0, 0.1) is 5.92 Å². The smallest absolute Gasteiger partial charge is 0.331 e. The first-order chi connectivity index (χ1) is 8.09. The second-order valence-corrected chi connectivity index (χ2v) is 5.29. The highest BCUT2D eigenvalue weighted by molar-refractivity contribution is 9.10. The van der Waals surface area contributed by atoms with Gasteiger partial charge in [0.05, 0.1) is 6.61 Å². The van der Waals surface area contributed by atoms with Crippen LogP contribution in [0.3, 0.4) is 0 Å². The molecule has 1 fully saturated rings. The molecule has 92 valence electrons. The summed E-state index contributed by atoms with van der Waals surface area (Å²) in [6.45, 7) is 2.16. The van der Waals surface area contributed by atoms with Gasteiger partial charge in [0.15, 0.2) is 0 Å². The molecule has 1 aliphatic rings. The van der Waals surface area contributed by atoms with Crippen LogP contribution in [0.15, 0.2) is 28.7 Å². The van der Waals surface area contributed by atoms with E-state index in [0.717, 1.165) is 22.9 Å². The number of carbonyl (C=O) groups is 1. The van der Waals surface area contributed by atoms with Crippen molar-refractivity contribution in [3.05, 3.63) is 34.3 Å². The van der Waals surface area contributed by atoms with Gasteiger partial charge in [0.1, 0.15) is 5.54 Å². The molecule has 0 saturated heterocycles. The van der Waals surface area contributed by atoms with Crippen LogP contribution in [0.1, 0.15) is 25.3 Å². The molecule has 17 heavy (non-hydrogen) atoms. The van der Waals surface area contributed by atoms with Crippen molar-refractivity contribution < 1.29 is 9.53 Å². The van der Waals surface area contributed by atoms with E-state index in [2.05, 4.69) is 15.9 Å². The Labute approximate surface area is 109 Å². The second-order valence-electron chi connectivity index (χ2n) is 4.37. The molecule has 4 heteroatoms. The summed E-state index contributed by atoms with van der Waals surface area (Å²) in [6.07, 6.45) is 1.98. The molecule has 2 rings (SSSR count). The lowest BCUT2D eigenvalue weighted by Gasteiger charge is -2.27. The highest BCUT2D eigenvalue weighted by atomic mass is 79.9. The van der Waals surface area contributed by atoms with Crippen molar-refractivity contribution in [2.75, 3.05) is 6.61 Å². The number of ether oxygens (including phenoxy) is 1. The van der Waals surface area contributed by atoms with Crippen molar-refractivity contribution in [3.63, 3.8) is 0 Å². The summed E-state index contributed by atoms with van der Waals surface area (Å²) in [4.78, 5) is 12.1. The summed E-state index contributed by atoms with van der Waals surface area (Å²) in [5, 5.41) is 0. The Bertz CT molecular complexity index is 414. The molecule has 0 aliphatic heterocycles. The van der Waals surface area contributed by atoms with Crippen molar-refractivity contribution in [2.45, 2.75) is 25.3 Å². The monoisotopic (exact) mass is 297 g/mol. The number of carbonyl (C=O) groups excluding carboxylic acids is 1.